The molecule has 1 aromatic carbocycles. The van der Waals surface area contributed by atoms with Crippen LogP contribution >= 0.6 is 11.3 Å². The molecule has 0 amide bonds. The molecule has 21 heavy (non-hydrogen) atoms. The molecule has 0 radical (unpaired) electrons. The van der Waals surface area contributed by atoms with E-state index in [0.29, 0.717) is 18.3 Å². The molecule has 108 valence electrons. The van der Waals surface area contributed by atoms with Gasteiger partial charge >= 0.3 is 0 Å². The molecule has 2 aromatic rings. The topological polar surface area (TPSA) is 60.2 Å². The second-order valence-electron chi connectivity index (χ2n) is 5.07. The minimum absolute atomic E-state index is 0.252. The molecule has 2 N–H and O–H groups in total. The monoisotopic (exact) mass is 299 g/mol. The van der Waals surface area contributed by atoms with Crippen molar-refractivity contribution in [1.29, 1.82) is 10.8 Å². The van der Waals surface area contributed by atoms with Crippen LogP contribution in [0.25, 0.3) is 0 Å². The smallest absolute Gasteiger partial charge is 0.133 e. The first-order chi connectivity index (χ1) is 10.2. The highest BCUT2D eigenvalue weighted by Crippen LogP contribution is 2.35. The van der Waals surface area contributed by atoms with Gasteiger partial charge in [0.25, 0.3) is 0 Å². The molecule has 0 atom stereocenters. The maximum atomic E-state index is 8.04. The molecule has 0 aliphatic carbocycles. The van der Waals surface area contributed by atoms with E-state index in [4.69, 9.17) is 15.6 Å². The molecule has 0 saturated carbocycles. The zero-order valence-corrected chi connectivity index (χ0v) is 12.7. The Balaban J connectivity index is 1.97. The summed E-state index contributed by atoms with van der Waals surface area (Å²) in [5.41, 5.74) is 3.59. The first kappa shape index (κ1) is 14.0. The Morgan fingerprint density at radius 2 is 2.05 bits per heavy atom. The number of anilines is 1. The van der Waals surface area contributed by atoms with Crippen molar-refractivity contribution in [3.63, 3.8) is 0 Å². The van der Waals surface area contributed by atoms with Crippen molar-refractivity contribution < 1.29 is 4.74 Å². The van der Waals surface area contributed by atoms with Gasteiger partial charge in [-0.2, -0.15) is 0 Å². The van der Waals surface area contributed by atoms with Crippen molar-refractivity contribution >= 4 is 28.0 Å². The first-order valence-electron chi connectivity index (χ1n) is 6.80. The molecule has 0 bridgehead atoms. The van der Waals surface area contributed by atoms with E-state index in [1.807, 2.05) is 18.2 Å². The van der Waals surface area contributed by atoms with Crippen molar-refractivity contribution in [3.05, 3.63) is 52.4 Å². The molecule has 0 saturated heterocycles. The molecule has 4 nitrogen and oxygen atoms in total. The summed E-state index contributed by atoms with van der Waals surface area (Å²) in [5, 5.41) is 19.0. The summed E-state index contributed by atoms with van der Waals surface area (Å²) < 4.78 is 5.59. The van der Waals surface area contributed by atoms with Crippen molar-refractivity contribution in [1.82, 2.24) is 0 Å². The maximum absolute atomic E-state index is 8.04. The summed E-state index contributed by atoms with van der Waals surface area (Å²) in [7, 11) is 0. The molecule has 3 rings (SSSR count). The molecule has 1 aromatic heterocycles. The summed E-state index contributed by atoms with van der Waals surface area (Å²) in [6.07, 6.45) is 0.855. The number of rotatable bonds is 2. The third-order valence-corrected chi connectivity index (χ3v) is 4.54. The van der Waals surface area contributed by atoms with E-state index < -0.39 is 0 Å². The van der Waals surface area contributed by atoms with Crippen LogP contribution in [0.5, 0.6) is 0 Å². The summed E-state index contributed by atoms with van der Waals surface area (Å²) in [5.74, 6) is 0.689. The number of nitrogens with one attached hydrogen (secondary N) is 2. The highest BCUT2D eigenvalue weighted by atomic mass is 32.1. The Bertz CT molecular complexity index is 678. The van der Waals surface area contributed by atoms with Gasteiger partial charge in [0.2, 0.25) is 0 Å². The third kappa shape index (κ3) is 2.75. The van der Waals surface area contributed by atoms with E-state index >= 15 is 0 Å². The van der Waals surface area contributed by atoms with E-state index in [1.54, 1.807) is 23.2 Å². The Labute approximate surface area is 128 Å². The summed E-state index contributed by atoms with van der Waals surface area (Å²) >= 11 is 1.59. The Kier molecular flexibility index (Phi) is 3.86. The molecule has 0 spiro atoms. The average molecular weight is 299 g/mol. The van der Waals surface area contributed by atoms with E-state index in [2.05, 4.69) is 17.5 Å². The lowest BCUT2D eigenvalue weighted by Gasteiger charge is -2.20. The van der Waals surface area contributed by atoms with Crippen LogP contribution in [-0.4, -0.2) is 18.3 Å². The number of thiophene rings is 1. The maximum Gasteiger partial charge on any atom is 0.133 e. The number of hydrogen-bond donors (Lipinski definition) is 2. The van der Waals surface area contributed by atoms with E-state index in [-0.39, 0.29) is 6.61 Å². The van der Waals surface area contributed by atoms with Crippen LogP contribution < -0.4 is 4.90 Å². The lowest BCUT2D eigenvalue weighted by atomic mass is 10.0. The van der Waals surface area contributed by atoms with Crippen molar-refractivity contribution in [2.24, 2.45) is 0 Å². The SMILES string of the molecule is CC(=N)N1C(=N)COCc2c(Cc3ccccc3)csc21. The Morgan fingerprint density at radius 3 is 2.76 bits per heavy atom. The number of nitrogens with zero attached hydrogens (tertiary/aromatic N) is 1. The number of benzene rings is 1. The zero-order valence-electron chi connectivity index (χ0n) is 11.8. The molecular formula is C16H17N3OS. The largest absolute Gasteiger partial charge is 0.369 e. The number of hydrogen-bond acceptors (Lipinski definition) is 4. The minimum Gasteiger partial charge on any atom is -0.369 e. The lowest BCUT2D eigenvalue weighted by molar-refractivity contribution is 0.159. The van der Waals surface area contributed by atoms with Gasteiger partial charge in [-0.1, -0.05) is 30.3 Å². The summed E-state index contributed by atoms with van der Waals surface area (Å²) in [6, 6.07) is 10.3. The van der Waals surface area contributed by atoms with Gasteiger partial charge in [-0.25, -0.2) is 0 Å². The third-order valence-electron chi connectivity index (χ3n) is 3.49. The van der Waals surface area contributed by atoms with Crippen LogP contribution in [0.1, 0.15) is 23.6 Å². The van der Waals surface area contributed by atoms with Gasteiger partial charge in [-0.05, 0) is 29.9 Å². The van der Waals surface area contributed by atoms with E-state index in [1.165, 1.54) is 11.1 Å². The lowest BCUT2D eigenvalue weighted by Crippen LogP contribution is -2.35. The summed E-state index contributed by atoms with van der Waals surface area (Å²) in [6.45, 7) is 2.47. The molecular weight excluding hydrogens is 282 g/mol. The zero-order chi connectivity index (χ0) is 14.8. The molecule has 1 aliphatic heterocycles. The molecule has 1 aliphatic rings. The van der Waals surface area contributed by atoms with Crippen LogP contribution in [0.2, 0.25) is 0 Å². The van der Waals surface area contributed by atoms with Gasteiger partial charge in [-0.3, -0.25) is 15.7 Å². The Hall–Kier alpha value is -1.98. The van der Waals surface area contributed by atoms with Gasteiger partial charge < -0.3 is 4.74 Å². The van der Waals surface area contributed by atoms with Crippen molar-refractivity contribution in [2.45, 2.75) is 20.0 Å². The van der Waals surface area contributed by atoms with Gasteiger partial charge in [0.15, 0.2) is 0 Å². The highest BCUT2D eigenvalue weighted by molar-refractivity contribution is 7.15. The molecule has 0 fully saturated rings. The standard InChI is InChI=1S/C16H17N3OS/c1-11(17)19-15(18)9-20-8-14-13(10-21-16(14)19)7-12-5-3-2-4-6-12/h2-6,10,17-18H,7-9H2,1H3. The van der Waals surface area contributed by atoms with Gasteiger partial charge in [0.05, 0.1) is 6.61 Å². The molecule has 5 heteroatoms. The Morgan fingerprint density at radius 1 is 1.29 bits per heavy atom. The second-order valence-corrected chi connectivity index (χ2v) is 5.93. The van der Waals surface area contributed by atoms with Crippen LogP contribution in [0.15, 0.2) is 35.7 Å². The fraction of sp³-hybridized carbons (Fsp3) is 0.250. The van der Waals surface area contributed by atoms with E-state index in [9.17, 15) is 0 Å². The minimum atomic E-state index is 0.252. The molecule has 2 heterocycles. The average Bonchev–Trinajstić information content (AvgIpc) is 2.75. The predicted octanol–water partition coefficient (Wildman–Crippen LogP) is 3.65. The van der Waals surface area contributed by atoms with E-state index in [0.717, 1.165) is 17.0 Å². The van der Waals surface area contributed by atoms with Crippen LogP contribution in [-0.2, 0) is 17.8 Å². The van der Waals surface area contributed by atoms with Crippen LogP contribution in [0.3, 0.4) is 0 Å². The van der Waals surface area contributed by atoms with Gasteiger partial charge in [-0.15, -0.1) is 11.3 Å². The summed E-state index contributed by atoms with van der Waals surface area (Å²) in [4.78, 5) is 1.68. The van der Waals surface area contributed by atoms with Crippen molar-refractivity contribution in [3.8, 4) is 0 Å². The highest BCUT2D eigenvalue weighted by Gasteiger charge is 2.25. The predicted molar refractivity (Wildman–Crippen MR) is 86.8 cm³/mol. The quantitative estimate of drug-likeness (QED) is 0.657. The fourth-order valence-corrected chi connectivity index (χ4v) is 3.67. The second kappa shape index (κ2) is 5.79. The number of fused-ring (bicyclic) bond motifs is 1. The van der Waals surface area contributed by atoms with Crippen LogP contribution in [0, 0.1) is 10.8 Å². The normalized spacial score (nSPS) is 14.7. The first-order valence-corrected chi connectivity index (χ1v) is 7.68. The number of amidine groups is 2. The van der Waals surface area contributed by atoms with Crippen LogP contribution in [0.4, 0.5) is 5.00 Å². The van der Waals surface area contributed by atoms with Crippen molar-refractivity contribution in [2.75, 3.05) is 11.5 Å². The fourth-order valence-electron chi connectivity index (χ4n) is 2.50. The van der Waals surface area contributed by atoms with Gasteiger partial charge in [0.1, 0.15) is 23.3 Å². The molecule has 0 unspecified atom stereocenters. The van der Waals surface area contributed by atoms with Gasteiger partial charge in [0, 0.05) is 5.56 Å². The number of ether oxygens (including phenoxy) is 1.